The highest BCUT2D eigenvalue weighted by Gasteiger charge is 2.27. The van der Waals surface area contributed by atoms with Crippen molar-refractivity contribution in [3.63, 3.8) is 0 Å². The van der Waals surface area contributed by atoms with Crippen molar-refractivity contribution in [2.45, 2.75) is 24.4 Å². The number of amides is 1. The van der Waals surface area contributed by atoms with Crippen LogP contribution in [0.1, 0.15) is 12.5 Å². The minimum atomic E-state index is -3.63. The van der Waals surface area contributed by atoms with Crippen LogP contribution in [-0.4, -0.2) is 69.7 Å². The zero-order valence-electron chi connectivity index (χ0n) is 18.1. The first kappa shape index (κ1) is 22.5. The van der Waals surface area contributed by atoms with Crippen molar-refractivity contribution in [2.75, 3.05) is 45.5 Å². The third kappa shape index (κ3) is 4.88. The van der Waals surface area contributed by atoms with E-state index < -0.39 is 16.1 Å². The summed E-state index contributed by atoms with van der Waals surface area (Å²) in [7, 11) is -1.78. The number of nitrogens with zero attached hydrogens (tertiary/aromatic N) is 2. The molecule has 32 heavy (non-hydrogen) atoms. The summed E-state index contributed by atoms with van der Waals surface area (Å²) < 4.78 is 43.1. The minimum absolute atomic E-state index is 0.151. The molecule has 9 nitrogen and oxygen atoms in total. The van der Waals surface area contributed by atoms with Gasteiger partial charge in [-0.25, -0.2) is 8.42 Å². The van der Waals surface area contributed by atoms with Gasteiger partial charge in [0.2, 0.25) is 22.7 Å². The number of benzene rings is 2. The number of ether oxygens (including phenoxy) is 3. The average Bonchev–Trinajstić information content (AvgIpc) is 3.27. The first-order chi connectivity index (χ1) is 15.3. The molecule has 0 unspecified atom stereocenters. The molecule has 2 aromatic rings. The summed E-state index contributed by atoms with van der Waals surface area (Å²) >= 11 is 0. The smallest absolute Gasteiger partial charge is 0.243 e. The van der Waals surface area contributed by atoms with Gasteiger partial charge in [0.1, 0.15) is 0 Å². The van der Waals surface area contributed by atoms with Crippen molar-refractivity contribution in [2.24, 2.45) is 0 Å². The normalized spacial score (nSPS) is 17.3. The Labute approximate surface area is 187 Å². The monoisotopic (exact) mass is 461 g/mol. The molecule has 1 saturated heterocycles. The molecule has 0 aliphatic carbocycles. The summed E-state index contributed by atoms with van der Waals surface area (Å²) in [4.78, 5) is 14.9. The Balaban J connectivity index is 1.40. The SMILES string of the molecule is C[C@@H](C(=O)Nc1cccc(S(=O)(=O)N2CCOCC2)c1)N(C)Cc1ccc2c(c1)OCO2. The molecule has 0 spiro atoms. The number of hydrogen-bond acceptors (Lipinski definition) is 7. The van der Waals surface area contributed by atoms with Gasteiger partial charge in [0, 0.05) is 25.3 Å². The third-order valence-corrected chi connectivity index (χ3v) is 7.51. The van der Waals surface area contributed by atoms with E-state index >= 15 is 0 Å². The molecule has 1 N–H and O–H groups in total. The van der Waals surface area contributed by atoms with Crippen LogP contribution >= 0.6 is 0 Å². The van der Waals surface area contributed by atoms with E-state index in [1.807, 2.05) is 30.1 Å². The second-order valence-corrected chi connectivity index (χ2v) is 9.75. The van der Waals surface area contributed by atoms with Gasteiger partial charge in [-0.15, -0.1) is 0 Å². The van der Waals surface area contributed by atoms with Crippen LogP contribution in [0.25, 0.3) is 0 Å². The van der Waals surface area contributed by atoms with Crippen LogP contribution in [0.5, 0.6) is 11.5 Å². The standard InChI is InChI=1S/C22H27N3O6S/c1-16(24(2)14-17-6-7-20-21(12-17)31-15-30-20)22(26)23-18-4-3-5-19(13-18)32(27,28)25-8-10-29-11-9-25/h3-7,12-13,16H,8-11,14-15H2,1-2H3,(H,23,26)/t16-/m0/s1. The molecule has 2 aromatic carbocycles. The predicted octanol–water partition coefficient (Wildman–Crippen LogP) is 1.90. The fraction of sp³-hybridized carbons (Fsp3) is 0.409. The quantitative estimate of drug-likeness (QED) is 0.673. The lowest BCUT2D eigenvalue weighted by molar-refractivity contribution is -0.120. The van der Waals surface area contributed by atoms with E-state index in [-0.39, 0.29) is 17.6 Å². The lowest BCUT2D eigenvalue weighted by Gasteiger charge is -2.26. The molecule has 1 fully saturated rings. The fourth-order valence-electron chi connectivity index (χ4n) is 3.58. The molecule has 1 amide bonds. The van der Waals surface area contributed by atoms with Crippen molar-refractivity contribution < 1.29 is 27.4 Å². The van der Waals surface area contributed by atoms with Crippen LogP contribution < -0.4 is 14.8 Å². The van der Waals surface area contributed by atoms with Gasteiger partial charge in [-0.05, 0) is 49.9 Å². The number of fused-ring (bicyclic) bond motifs is 1. The van der Waals surface area contributed by atoms with Crippen LogP contribution in [0.2, 0.25) is 0 Å². The maximum Gasteiger partial charge on any atom is 0.243 e. The Morgan fingerprint density at radius 3 is 2.66 bits per heavy atom. The summed E-state index contributed by atoms with van der Waals surface area (Å²) in [5.41, 5.74) is 1.43. The Bertz CT molecular complexity index is 1080. The number of sulfonamides is 1. The number of nitrogens with one attached hydrogen (secondary N) is 1. The van der Waals surface area contributed by atoms with Crippen LogP contribution in [-0.2, 0) is 26.1 Å². The molecule has 2 aliphatic heterocycles. The summed E-state index contributed by atoms with van der Waals surface area (Å²) in [5, 5.41) is 2.83. The summed E-state index contributed by atoms with van der Waals surface area (Å²) in [6.45, 7) is 3.95. The maximum absolute atomic E-state index is 12.9. The lowest BCUT2D eigenvalue weighted by Crippen LogP contribution is -2.40. The topological polar surface area (TPSA) is 97.4 Å². The second-order valence-electron chi connectivity index (χ2n) is 7.81. The van der Waals surface area contributed by atoms with Crippen molar-refractivity contribution >= 4 is 21.6 Å². The highest BCUT2D eigenvalue weighted by atomic mass is 32.2. The maximum atomic E-state index is 12.9. The first-order valence-corrected chi connectivity index (χ1v) is 11.9. The van der Waals surface area contributed by atoms with Crippen molar-refractivity contribution in [3.05, 3.63) is 48.0 Å². The van der Waals surface area contributed by atoms with Crippen molar-refractivity contribution in [3.8, 4) is 11.5 Å². The fourth-order valence-corrected chi connectivity index (χ4v) is 5.04. The number of hydrogen-bond donors (Lipinski definition) is 1. The molecule has 2 heterocycles. The van der Waals surface area contributed by atoms with E-state index in [0.717, 1.165) is 5.56 Å². The van der Waals surface area contributed by atoms with Gasteiger partial charge in [-0.2, -0.15) is 4.31 Å². The second kappa shape index (κ2) is 9.45. The molecule has 172 valence electrons. The van der Waals surface area contributed by atoms with Crippen LogP contribution in [0.4, 0.5) is 5.69 Å². The number of anilines is 1. The average molecular weight is 462 g/mol. The van der Waals surface area contributed by atoms with Gasteiger partial charge in [0.25, 0.3) is 0 Å². The minimum Gasteiger partial charge on any atom is -0.454 e. The Morgan fingerprint density at radius 2 is 1.88 bits per heavy atom. The molecule has 0 aromatic heterocycles. The molecule has 1 atom stereocenters. The summed E-state index contributed by atoms with van der Waals surface area (Å²) in [6, 6.07) is 11.6. The number of carbonyl (C=O) groups excluding carboxylic acids is 1. The Hall–Kier alpha value is -2.66. The number of rotatable bonds is 7. The third-order valence-electron chi connectivity index (χ3n) is 5.62. The van der Waals surface area contributed by atoms with Crippen LogP contribution in [0.3, 0.4) is 0 Å². The van der Waals surface area contributed by atoms with Gasteiger partial charge in [0.05, 0.1) is 24.2 Å². The van der Waals surface area contributed by atoms with Gasteiger partial charge in [-0.1, -0.05) is 12.1 Å². The van der Waals surface area contributed by atoms with E-state index in [9.17, 15) is 13.2 Å². The number of carbonyl (C=O) groups is 1. The van der Waals surface area contributed by atoms with Crippen molar-refractivity contribution in [1.82, 2.24) is 9.21 Å². The zero-order chi connectivity index (χ0) is 22.7. The molecule has 0 radical (unpaired) electrons. The molecule has 0 saturated carbocycles. The van der Waals surface area contributed by atoms with Gasteiger partial charge < -0.3 is 19.5 Å². The number of likely N-dealkylation sites (N-methyl/N-ethyl adjacent to an activating group) is 1. The number of morpholine rings is 1. The van der Waals surface area contributed by atoms with Gasteiger partial charge in [-0.3, -0.25) is 9.69 Å². The van der Waals surface area contributed by atoms with E-state index in [4.69, 9.17) is 14.2 Å². The van der Waals surface area contributed by atoms with Crippen LogP contribution in [0.15, 0.2) is 47.4 Å². The Kier molecular flexibility index (Phi) is 6.66. The van der Waals surface area contributed by atoms with E-state index in [2.05, 4.69) is 5.32 Å². The molecule has 4 rings (SSSR count). The largest absolute Gasteiger partial charge is 0.454 e. The van der Waals surface area contributed by atoms with Gasteiger partial charge in [0.15, 0.2) is 11.5 Å². The van der Waals surface area contributed by atoms with E-state index in [0.29, 0.717) is 50.0 Å². The van der Waals surface area contributed by atoms with E-state index in [1.165, 1.54) is 16.4 Å². The first-order valence-electron chi connectivity index (χ1n) is 10.4. The zero-order valence-corrected chi connectivity index (χ0v) is 18.9. The van der Waals surface area contributed by atoms with Crippen molar-refractivity contribution in [1.29, 1.82) is 0 Å². The molecular weight excluding hydrogens is 434 g/mol. The van der Waals surface area contributed by atoms with Gasteiger partial charge >= 0.3 is 0 Å². The molecular formula is C22H27N3O6S. The summed E-state index contributed by atoms with van der Waals surface area (Å²) in [5.74, 6) is 1.19. The molecule has 0 bridgehead atoms. The molecule has 10 heteroatoms. The summed E-state index contributed by atoms with van der Waals surface area (Å²) in [6.07, 6.45) is 0. The molecule has 2 aliphatic rings. The van der Waals surface area contributed by atoms with Crippen LogP contribution in [0, 0.1) is 0 Å². The lowest BCUT2D eigenvalue weighted by atomic mass is 10.1. The predicted molar refractivity (Wildman–Crippen MR) is 118 cm³/mol. The van der Waals surface area contributed by atoms with E-state index in [1.54, 1.807) is 19.1 Å². The Morgan fingerprint density at radius 1 is 1.12 bits per heavy atom. The highest BCUT2D eigenvalue weighted by Crippen LogP contribution is 2.32. The highest BCUT2D eigenvalue weighted by molar-refractivity contribution is 7.89.